The summed E-state index contributed by atoms with van der Waals surface area (Å²) < 4.78 is 6.41. The summed E-state index contributed by atoms with van der Waals surface area (Å²) in [5.41, 5.74) is 2.96. The number of aromatic nitrogens is 2. The summed E-state index contributed by atoms with van der Waals surface area (Å²) in [5, 5.41) is 13.7. The van der Waals surface area contributed by atoms with Crippen LogP contribution < -0.4 is 0 Å². The van der Waals surface area contributed by atoms with Gasteiger partial charge in [0, 0.05) is 11.3 Å². The molecule has 0 saturated carbocycles. The van der Waals surface area contributed by atoms with Gasteiger partial charge in [-0.2, -0.15) is 5.10 Å². The van der Waals surface area contributed by atoms with E-state index < -0.39 is 5.97 Å². The summed E-state index contributed by atoms with van der Waals surface area (Å²) in [5.74, 6) is -0.929. The Balaban J connectivity index is 2.43. The van der Waals surface area contributed by atoms with E-state index in [0.29, 0.717) is 0 Å². The van der Waals surface area contributed by atoms with Crippen molar-refractivity contribution in [2.75, 3.05) is 7.11 Å². The summed E-state index contributed by atoms with van der Waals surface area (Å²) in [6.07, 6.45) is 2.75. The lowest BCUT2D eigenvalue weighted by molar-refractivity contribution is -0.141. The first-order valence-corrected chi connectivity index (χ1v) is 7.32. The zero-order valence-corrected chi connectivity index (χ0v) is 12.8. The normalized spacial score (nSPS) is 17.6. The highest BCUT2D eigenvalue weighted by atomic mass is 16.5. The highest BCUT2D eigenvalue weighted by Crippen LogP contribution is 2.38. The van der Waals surface area contributed by atoms with Crippen LogP contribution in [0.2, 0.25) is 0 Å². The van der Waals surface area contributed by atoms with Crippen LogP contribution in [0.25, 0.3) is 0 Å². The van der Waals surface area contributed by atoms with E-state index in [1.54, 1.807) is 4.68 Å². The molecule has 2 rings (SSSR count). The molecule has 1 aromatic heterocycles. The molecule has 21 heavy (non-hydrogen) atoms. The van der Waals surface area contributed by atoms with Crippen molar-refractivity contribution in [1.29, 1.82) is 0 Å². The molecule has 1 atom stereocenters. The van der Waals surface area contributed by atoms with E-state index in [1.807, 2.05) is 13.8 Å². The fraction of sp³-hybridized carbons (Fsp3) is 0.667. The summed E-state index contributed by atoms with van der Waals surface area (Å²) in [4.78, 5) is 22.6. The van der Waals surface area contributed by atoms with E-state index in [2.05, 4.69) is 5.10 Å². The van der Waals surface area contributed by atoms with Gasteiger partial charge >= 0.3 is 11.9 Å². The second-order valence-corrected chi connectivity index (χ2v) is 5.82. The van der Waals surface area contributed by atoms with Gasteiger partial charge in [0.1, 0.15) is 6.54 Å². The Morgan fingerprint density at radius 1 is 1.48 bits per heavy atom. The first-order valence-electron chi connectivity index (χ1n) is 7.32. The number of rotatable bonds is 5. The van der Waals surface area contributed by atoms with Crippen molar-refractivity contribution in [1.82, 2.24) is 9.78 Å². The van der Waals surface area contributed by atoms with Crippen LogP contribution in [-0.2, 0) is 27.3 Å². The maximum Gasteiger partial charge on any atom is 0.327 e. The number of nitrogens with zero attached hydrogens (tertiary/aromatic N) is 2. The topological polar surface area (TPSA) is 81.4 Å². The van der Waals surface area contributed by atoms with E-state index in [1.165, 1.54) is 7.11 Å². The van der Waals surface area contributed by atoms with Crippen LogP contribution in [0.1, 0.15) is 61.9 Å². The van der Waals surface area contributed by atoms with Gasteiger partial charge in [0.2, 0.25) is 0 Å². The summed E-state index contributed by atoms with van der Waals surface area (Å²) in [7, 11) is 1.36. The van der Waals surface area contributed by atoms with Crippen molar-refractivity contribution in [3.05, 3.63) is 17.0 Å². The van der Waals surface area contributed by atoms with Gasteiger partial charge in [0.05, 0.1) is 19.2 Å². The lowest BCUT2D eigenvalue weighted by atomic mass is 9.81. The average molecular weight is 294 g/mol. The summed E-state index contributed by atoms with van der Waals surface area (Å²) in [6, 6.07) is 0. The van der Waals surface area contributed by atoms with Crippen molar-refractivity contribution >= 4 is 11.9 Å². The third-order valence-corrected chi connectivity index (χ3v) is 3.98. The molecule has 6 nitrogen and oxygen atoms in total. The quantitative estimate of drug-likeness (QED) is 0.841. The third kappa shape index (κ3) is 3.25. The fourth-order valence-corrected chi connectivity index (χ4v) is 3.06. The Hall–Kier alpha value is -1.85. The maximum atomic E-state index is 11.5. The van der Waals surface area contributed by atoms with E-state index in [9.17, 15) is 9.59 Å². The molecule has 0 saturated heterocycles. The highest BCUT2D eigenvalue weighted by molar-refractivity contribution is 5.69. The number of carboxylic acid groups (broad SMARTS) is 1. The molecule has 0 aromatic carbocycles. The molecule has 6 heteroatoms. The number of carbonyl (C=O) groups is 2. The van der Waals surface area contributed by atoms with E-state index in [-0.39, 0.29) is 30.8 Å². The first kappa shape index (κ1) is 15.5. The largest absolute Gasteiger partial charge is 0.481 e. The molecule has 1 N–H and O–H groups in total. The van der Waals surface area contributed by atoms with Gasteiger partial charge < -0.3 is 9.84 Å². The molecular weight excluding hydrogens is 272 g/mol. The molecule has 0 bridgehead atoms. The number of methoxy groups -OCH3 is 1. The molecule has 1 aromatic rings. The van der Waals surface area contributed by atoms with Gasteiger partial charge in [-0.05, 0) is 31.1 Å². The Morgan fingerprint density at radius 2 is 2.19 bits per heavy atom. The number of hydrogen-bond acceptors (Lipinski definition) is 4. The molecule has 0 amide bonds. The van der Waals surface area contributed by atoms with Crippen LogP contribution in [0, 0.1) is 0 Å². The second-order valence-electron chi connectivity index (χ2n) is 5.82. The lowest BCUT2D eigenvalue weighted by Gasteiger charge is -2.23. The Labute approximate surface area is 124 Å². The number of carbonyl (C=O) groups excluding carboxylic acids is 1. The maximum absolute atomic E-state index is 11.5. The Morgan fingerprint density at radius 3 is 2.76 bits per heavy atom. The van der Waals surface area contributed by atoms with Crippen molar-refractivity contribution in [2.24, 2.45) is 0 Å². The van der Waals surface area contributed by atoms with Gasteiger partial charge in [-0.1, -0.05) is 13.8 Å². The van der Waals surface area contributed by atoms with Gasteiger partial charge in [-0.25, -0.2) is 0 Å². The number of hydrogen-bond donors (Lipinski definition) is 1. The van der Waals surface area contributed by atoms with Crippen LogP contribution >= 0.6 is 0 Å². The third-order valence-electron chi connectivity index (χ3n) is 3.98. The fourth-order valence-electron chi connectivity index (χ4n) is 3.06. The van der Waals surface area contributed by atoms with Crippen LogP contribution in [0.4, 0.5) is 0 Å². The van der Waals surface area contributed by atoms with Gasteiger partial charge in [0.15, 0.2) is 0 Å². The van der Waals surface area contributed by atoms with E-state index in [0.717, 1.165) is 36.2 Å². The van der Waals surface area contributed by atoms with Crippen molar-refractivity contribution in [3.8, 4) is 0 Å². The minimum atomic E-state index is -0.789. The molecule has 0 aliphatic heterocycles. The smallest absolute Gasteiger partial charge is 0.327 e. The molecule has 1 aliphatic carbocycles. The van der Waals surface area contributed by atoms with E-state index >= 15 is 0 Å². The average Bonchev–Trinajstić information content (AvgIpc) is 2.78. The molecule has 0 fully saturated rings. The molecular formula is C15H22N2O4. The zero-order chi connectivity index (χ0) is 15.6. The minimum Gasteiger partial charge on any atom is -0.481 e. The highest BCUT2D eigenvalue weighted by Gasteiger charge is 2.31. The monoisotopic (exact) mass is 294 g/mol. The zero-order valence-electron chi connectivity index (χ0n) is 12.8. The Bertz CT molecular complexity index is 548. The molecule has 1 aliphatic rings. The van der Waals surface area contributed by atoms with Crippen LogP contribution in [0.3, 0.4) is 0 Å². The molecule has 0 radical (unpaired) electrons. The number of esters is 1. The van der Waals surface area contributed by atoms with Crippen molar-refractivity contribution in [3.63, 3.8) is 0 Å². The predicted molar refractivity (Wildman–Crippen MR) is 76.3 cm³/mol. The SMILES string of the molecule is COC(=O)Cn1nc(C(C)C)c2c1CCCC2CC(=O)O. The number of aliphatic carboxylic acids is 1. The summed E-state index contributed by atoms with van der Waals surface area (Å²) >= 11 is 0. The molecule has 116 valence electrons. The van der Waals surface area contributed by atoms with Crippen LogP contribution in [0.5, 0.6) is 0 Å². The lowest BCUT2D eigenvalue weighted by Crippen LogP contribution is -2.19. The summed E-state index contributed by atoms with van der Waals surface area (Å²) in [6.45, 7) is 4.17. The van der Waals surface area contributed by atoms with Crippen molar-refractivity contribution in [2.45, 2.75) is 57.9 Å². The van der Waals surface area contributed by atoms with Crippen LogP contribution in [-0.4, -0.2) is 33.9 Å². The molecule has 1 unspecified atom stereocenters. The predicted octanol–water partition coefficient (Wildman–Crippen LogP) is 2.07. The number of ether oxygens (including phenoxy) is 1. The van der Waals surface area contributed by atoms with Gasteiger partial charge in [0.25, 0.3) is 0 Å². The van der Waals surface area contributed by atoms with Gasteiger partial charge in [-0.15, -0.1) is 0 Å². The van der Waals surface area contributed by atoms with Gasteiger partial charge in [-0.3, -0.25) is 14.3 Å². The minimum absolute atomic E-state index is 0.00459. The number of fused-ring (bicyclic) bond motifs is 1. The number of carboxylic acids is 1. The first-order chi connectivity index (χ1) is 9.93. The standard InChI is InChI=1S/C15H22N2O4/c1-9(2)15-14-10(7-12(18)19)5-4-6-11(14)17(16-15)8-13(20)21-3/h9-10H,4-8H2,1-3H3,(H,18,19). The molecule has 0 spiro atoms. The Kier molecular flexibility index (Phi) is 4.65. The molecule has 1 heterocycles. The van der Waals surface area contributed by atoms with E-state index in [4.69, 9.17) is 9.84 Å². The van der Waals surface area contributed by atoms with Crippen molar-refractivity contribution < 1.29 is 19.4 Å². The second kappa shape index (κ2) is 6.28. The van der Waals surface area contributed by atoms with Crippen LogP contribution in [0.15, 0.2) is 0 Å².